The van der Waals surface area contributed by atoms with E-state index in [2.05, 4.69) is 41.1 Å². The normalized spacial score (nSPS) is 13.5. The zero-order valence-electron chi connectivity index (χ0n) is 16.4. The molecule has 1 N–H and O–H groups in total. The fourth-order valence-corrected chi connectivity index (χ4v) is 3.69. The summed E-state index contributed by atoms with van der Waals surface area (Å²) in [6, 6.07) is 15.7. The first-order valence-electron chi connectivity index (χ1n) is 9.77. The Hall–Kier alpha value is -3.08. The summed E-state index contributed by atoms with van der Waals surface area (Å²) in [6.45, 7) is 2.98. The van der Waals surface area contributed by atoms with Crippen LogP contribution in [-0.2, 0) is 13.0 Å². The Kier molecular flexibility index (Phi) is 5.15. The highest BCUT2D eigenvalue weighted by molar-refractivity contribution is 6.04. The number of hydrogen-bond acceptors (Lipinski definition) is 3. The molecular formula is C23H25N3O2. The van der Waals surface area contributed by atoms with Crippen molar-refractivity contribution in [3.8, 4) is 17.1 Å². The molecule has 144 valence electrons. The van der Waals surface area contributed by atoms with Crippen LogP contribution in [0.1, 0.15) is 41.0 Å². The van der Waals surface area contributed by atoms with Crippen molar-refractivity contribution in [2.75, 3.05) is 12.4 Å². The molecule has 1 amide bonds. The zero-order valence-corrected chi connectivity index (χ0v) is 16.4. The molecule has 0 spiro atoms. The number of hydrogen-bond donors (Lipinski definition) is 1. The molecule has 0 saturated carbocycles. The Morgan fingerprint density at radius 1 is 1.04 bits per heavy atom. The Morgan fingerprint density at radius 3 is 2.50 bits per heavy atom. The maximum atomic E-state index is 13.0. The number of fused-ring (bicyclic) bond motifs is 1. The third-order valence-corrected chi connectivity index (χ3v) is 5.24. The third-order valence-electron chi connectivity index (χ3n) is 5.24. The molecule has 0 saturated heterocycles. The predicted octanol–water partition coefficient (Wildman–Crippen LogP) is 4.85. The summed E-state index contributed by atoms with van der Waals surface area (Å²) in [5.41, 5.74) is 4.58. The van der Waals surface area contributed by atoms with Gasteiger partial charge in [0.25, 0.3) is 5.91 Å². The largest absolute Gasteiger partial charge is 0.497 e. The number of carbonyl (C=O) groups is 1. The van der Waals surface area contributed by atoms with Gasteiger partial charge in [-0.25, -0.2) is 4.98 Å². The third kappa shape index (κ3) is 3.65. The van der Waals surface area contributed by atoms with Gasteiger partial charge in [-0.1, -0.05) is 36.2 Å². The van der Waals surface area contributed by atoms with Crippen LogP contribution in [0.25, 0.3) is 11.4 Å². The number of anilines is 1. The lowest BCUT2D eigenvalue weighted by Gasteiger charge is -2.09. The van der Waals surface area contributed by atoms with Gasteiger partial charge in [-0.05, 0) is 50.5 Å². The Balaban J connectivity index is 1.69. The van der Waals surface area contributed by atoms with Gasteiger partial charge in [0.15, 0.2) is 0 Å². The molecule has 1 aliphatic heterocycles. The maximum absolute atomic E-state index is 13.0. The second kappa shape index (κ2) is 7.89. The van der Waals surface area contributed by atoms with Gasteiger partial charge in [0.1, 0.15) is 17.3 Å². The number of aromatic nitrogens is 2. The molecule has 2 aromatic carbocycles. The van der Waals surface area contributed by atoms with Gasteiger partial charge < -0.3 is 14.6 Å². The van der Waals surface area contributed by atoms with Gasteiger partial charge in [-0.3, -0.25) is 4.79 Å². The second-order valence-corrected chi connectivity index (χ2v) is 7.24. The minimum absolute atomic E-state index is 0.158. The topological polar surface area (TPSA) is 56.1 Å². The highest BCUT2D eigenvalue weighted by atomic mass is 16.5. The summed E-state index contributed by atoms with van der Waals surface area (Å²) >= 11 is 0. The summed E-state index contributed by atoms with van der Waals surface area (Å²) in [7, 11) is 1.63. The summed E-state index contributed by atoms with van der Waals surface area (Å²) in [4.78, 5) is 17.8. The van der Waals surface area contributed by atoms with E-state index in [9.17, 15) is 4.79 Å². The van der Waals surface area contributed by atoms with E-state index >= 15 is 0 Å². The summed E-state index contributed by atoms with van der Waals surface area (Å²) < 4.78 is 7.42. The number of methoxy groups -OCH3 is 1. The molecular weight excluding hydrogens is 350 g/mol. The van der Waals surface area contributed by atoms with Crippen LogP contribution in [0.3, 0.4) is 0 Å². The van der Waals surface area contributed by atoms with Crippen LogP contribution >= 0.6 is 0 Å². The van der Waals surface area contributed by atoms with Crippen LogP contribution in [0, 0.1) is 6.92 Å². The lowest BCUT2D eigenvalue weighted by atomic mass is 10.1. The molecule has 0 unspecified atom stereocenters. The highest BCUT2D eigenvalue weighted by Gasteiger charge is 2.24. The van der Waals surface area contributed by atoms with Crippen molar-refractivity contribution in [1.29, 1.82) is 0 Å². The standard InChI is InChI=1S/C23H25N3O2/c1-16-7-9-17(10-8-16)22-25-21(20-6-4-3-5-15-26(20)22)23(27)24-18-11-13-19(28-2)14-12-18/h7-14H,3-6,15H2,1-2H3,(H,24,27). The lowest BCUT2D eigenvalue weighted by molar-refractivity contribution is 0.102. The van der Waals surface area contributed by atoms with E-state index in [1.165, 1.54) is 12.0 Å². The number of carbonyl (C=O) groups excluding carboxylic acids is 1. The van der Waals surface area contributed by atoms with Crippen molar-refractivity contribution in [2.45, 2.75) is 39.2 Å². The molecule has 4 rings (SSSR count). The van der Waals surface area contributed by atoms with Crippen molar-refractivity contribution >= 4 is 11.6 Å². The molecule has 0 aliphatic carbocycles. The number of nitrogens with zero attached hydrogens (tertiary/aromatic N) is 2. The molecule has 1 aliphatic rings. The van der Waals surface area contributed by atoms with Crippen molar-refractivity contribution < 1.29 is 9.53 Å². The number of ether oxygens (including phenoxy) is 1. The average molecular weight is 375 g/mol. The number of amides is 1. The fourth-order valence-electron chi connectivity index (χ4n) is 3.69. The van der Waals surface area contributed by atoms with Gasteiger partial charge in [0.2, 0.25) is 0 Å². The van der Waals surface area contributed by atoms with Crippen LogP contribution in [0.15, 0.2) is 48.5 Å². The lowest BCUT2D eigenvalue weighted by Crippen LogP contribution is -2.15. The number of imidazole rings is 1. The molecule has 0 fully saturated rings. The summed E-state index contributed by atoms with van der Waals surface area (Å²) in [5, 5.41) is 2.98. The van der Waals surface area contributed by atoms with E-state index in [0.717, 1.165) is 54.3 Å². The smallest absolute Gasteiger partial charge is 0.276 e. The van der Waals surface area contributed by atoms with Gasteiger partial charge in [-0.2, -0.15) is 0 Å². The molecule has 5 nitrogen and oxygen atoms in total. The fraction of sp³-hybridized carbons (Fsp3) is 0.304. The van der Waals surface area contributed by atoms with Crippen molar-refractivity contribution in [2.24, 2.45) is 0 Å². The Morgan fingerprint density at radius 2 is 1.79 bits per heavy atom. The quantitative estimate of drug-likeness (QED) is 0.709. The molecule has 0 radical (unpaired) electrons. The number of benzene rings is 2. The van der Waals surface area contributed by atoms with Crippen LogP contribution in [-0.4, -0.2) is 22.6 Å². The first-order chi connectivity index (χ1) is 13.7. The first kappa shape index (κ1) is 18.3. The van der Waals surface area contributed by atoms with E-state index in [0.29, 0.717) is 5.69 Å². The molecule has 0 atom stereocenters. The maximum Gasteiger partial charge on any atom is 0.276 e. The minimum atomic E-state index is -0.158. The van der Waals surface area contributed by atoms with Crippen molar-refractivity contribution in [3.05, 3.63) is 65.5 Å². The van der Waals surface area contributed by atoms with Crippen LogP contribution in [0.2, 0.25) is 0 Å². The van der Waals surface area contributed by atoms with E-state index in [1.807, 2.05) is 24.3 Å². The Labute approximate surface area is 165 Å². The van der Waals surface area contributed by atoms with Crippen molar-refractivity contribution in [3.63, 3.8) is 0 Å². The molecule has 1 aromatic heterocycles. The zero-order chi connectivity index (χ0) is 19.5. The number of aryl methyl sites for hydroxylation is 1. The Bertz CT molecular complexity index is 972. The summed E-state index contributed by atoms with van der Waals surface area (Å²) in [6.07, 6.45) is 4.25. The van der Waals surface area contributed by atoms with Gasteiger partial charge in [0.05, 0.1) is 12.8 Å². The SMILES string of the molecule is COc1ccc(NC(=O)c2nc(-c3ccc(C)cc3)n3c2CCCCC3)cc1. The molecule has 2 heterocycles. The second-order valence-electron chi connectivity index (χ2n) is 7.24. The molecule has 3 aromatic rings. The highest BCUT2D eigenvalue weighted by Crippen LogP contribution is 2.28. The van der Waals surface area contributed by atoms with Gasteiger partial charge in [0, 0.05) is 17.8 Å². The molecule has 0 bridgehead atoms. The summed E-state index contributed by atoms with van der Waals surface area (Å²) in [5.74, 6) is 1.49. The first-order valence-corrected chi connectivity index (χ1v) is 9.77. The van der Waals surface area contributed by atoms with Gasteiger partial charge >= 0.3 is 0 Å². The monoisotopic (exact) mass is 375 g/mol. The van der Waals surface area contributed by atoms with Crippen molar-refractivity contribution in [1.82, 2.24) is 9.55 Å². The van der Waals surface area contributed by atoms with E-state index in [-0.39, 0.29) is 5.91 Å². The van der Waals surface area contributed by atoms with Crippen LogP contribution in [0.4, 0.5) is 5.69 Å². The minimum Gasteiger partial charge on any atom is -0.497 e. The molecule has 5 heteroatoms. The van der Waals surface area contributed by atoms with E-state index < -0.39 is 0 Å². The van der Waals surface area contributed by atoms with E-state index in [1.54, 1.807) is 7.11 Å². The average Bonchev–Trinajstić information content (AvgIpc) is 2.90. The van der Waals surface area contributed by atoms with Crippen LogP contribution < -0.4 is 10.1 Å². The number of nitrogens with one attached hydrogen (secondary N) is 1. The van der Waals surface area contributed by atoms with Gasteiger partial charge in [-0.15, -0.1) is 0 Å². The van der Waals surface area contributed by atoms with E-state index in [4.69, 9.17) is 9.72 Å². The van der Waals surface area contributed by atoms with Crippen LogP contribution in [0.5, 0.6) is 5.75 Å². The molecule has 28 heavy (non-hydrogen) atoms. The predicted molar refractivity (Wildman–Crippen MR) is 111 cm³/mol. The number of rotatable bonds is 4.